The zero-order valence-electron chi connectivity index (χ0n) is 19.0. The Morgan fingerprint density at radius 2 is 1.84 bits per heavy atom. The van der Waals surface area contributed by atoms with Gasteiger partial charge in [0.15, 0.2) is 0 Å². The minimum absolute atomic E-state index is 0.0720. The third-order valence-electron chi connectivity index (χ3n) is 5.11. The van der Waals surface area contributed by atoms with Crippen LogP contribution >= 0.6 is 0 Å². The van der Waals surface area contributed by atoms with E-state index >= 15 is 0 Å². The number of ether oxygens (including phenoxy) is 2. The molecule has 0 bridgehead atoms. The Morgan fingerprint density at radius 1 is 1.10 bits per heavy atom. The number of hydrogen-bond donors (Lipinski definition) is 0. The molecule has 0 saturated carbocycles. The Bertz CT molecular complexity index is 805. The molecule has 0 spiro atoms. The minimum Gasteiger partial charge on any atom is -0.465 e. The van der Waals surface area contributed by atoms with Gasteiger partial charge in [-0.05, 0) is 44.9 Å². The van der Waals surface area contributed by atoms with Gasteiger partial charge in [-0.15, -0.1) is 0 Å². The van der Waals surface area contributed by atoms with Crippen LogP contribution in [0.25, 0.3) is 0 Å². The number of carbonyl (C=O) groups excluding carboxylic acids is 2. The second-order valence-corrected chi connectivity index (χ2v) is 7.45. The summed E-state index contributed by atoms with van der Waals surface area (Å²) in [6.45, 7) is 7.60. The predicted octanol–water partition coefficient (Wildman–Crippen LogP) is 3.06. The second-order valence-electron chi connectivity index (χ2n) is 7.45. The van der Waals surface area contributed by atoms with Crippen LogP contribution in [0.4, 0.5) is 0 Å². The van der Waals surface area contributed by atoms with Gasteiger partial charge in [0.1, 0.15) is 17.6 Å². The van der Waals surface area contributed by atoms with E-state index in [1.165, 1.54) is 0 Å². The van der Waals surface area contributed by atoms with E-state index in [2.05, 4.69) is 0 Å². The van der Waals surface area contributed by atoms with Crippen LogP contribution in [0.1, 0.15) is 30.9 Å². The van der Waals surface area contributed by atoms with Crippen molar-refractivity contribution in [1.29, 1.82) is 0 Å². The van der Waals surface area contributed by atoms with Gasteiger partial charge in [-0.25, -0.2) is 0 Å². The number of amides is 1. The van der Waals surface area contributed by atoms with Gasteiger partial charge >= 0.3 is 5.97 Å². The van der Waals surface area contributed by atoms with Gasteiger partial charge < -0.3 is 18.8 Å². The molecule has 1 amide bonds. The van der Waals surface area contributed by atoms with Gasteiger partial charge in [0, 0.05) is 20.2 Å². The molecule has 0 fully saturated rings. The number of esters is 1. The summed E-state index contributed by atoms with van der Waals surface area (Å²) in [5.74, 6) is 1.13. The predicted molar refractivity (Wildman–Crippen MR) is 119 cm³/mol. The first-order valence-electron chi connectivity index (χ1n) is 10.7. The van der Waals surface area contributed by atoms with Crippen LogP contribution in [0.3, 0.4) is 0 Å². The number of carbonyl (C=O) groups is 2. The zero-order chi connectivity index (χ0) is 22.6. The minimum atomic E-state index is -0.541. The first-order valence-corrected chi connectivity index (χ1v) is 10.7. The molecule has 0 unspecified atom stereocenters. The van der Waals surface area contributed by atoms with Gasteiger partial charge in [0.2, 0.25) is 5.91 Å². The summed E-state index contributed by atoms with van der Waals surface area (Å²) in [5, 5.41) is 0. The Balaban J connectivity index is 2.12. The maximum atomic E-state index is 13.3. The summed E-state index contributed by atoms with van der Waals surface area (Å²) < 4.78 is 16.0. The molecule has 31 heavy (non-hydrogen) atoms. The average molecular weight is 431 g/mol. The summed E-state index contributed by atoms with van der Waals surface area (Å²) in [6.07, 6.45) is 0.734. The van der Waals surface area contributed by atoms with Crippen molar-refractivity contribution in [3.63, 3.8) is 0 Å². The number of benzene rings is 1. The van der Waals surface area contributed by atoms with Crippen molar-refractivity contribution in [3.05, 3.63) is 59.5 Å². The molecule has 1 heterocycles. The van der Waals surface area contributed by atoms with E-state index in [0.717, 1.165) is 23.5 Å². The third-order valence-corrected chi connectivity index (χ3v) is 5.11. The molecule has 0 aliphatic heterocycles. The molecule has 0 N–H and O–H groups in total. The van der Waals surface area contributed by atoms with Crippen molar-refractivity contribution < 1.29 is 23.5 Å². The molecule has 1 atom stereocenters. The summed E-state index contributed by atoms with van der Waals surface area (Å²) in [5.41, 5.74) is 1.16. The molecule has 2 rings (SSSR count). The van der Waals surface area contributed by atoms with E-state index in [1.807, 2.05) is 49.4 Å². The fourth-order valence-electron chi connectivity index (χ4n) is 3.26. The summed E-state index contributed by atoms with van der Waals surface area (Å²) in [4.78, 5) is 29.1. The number of aryl methyl sites for hydroxylation is 1. The van der Waals surface area contributed by atoms with Crippen LogP contribution in [-0.2, 0) is 32.0 Å². The lowest BCUT2D eigenvalue weighted by molar-refractivity contribution is -0.150. The molecule has 170 valence electrons. The van der Waals surface area contributed by atoms with E-state index in [9.17, 15) is 9.59 Å². The highest BCUT2D eigenvalue weighted by Crippen LogP contribution is 2.13. The number of methoxy groups -OCH3 is 1. The van der Waals surface area contributed by atoms with Crippen molar-refractivity contribution in [2.45, 2.75) is 39.8 Å². The summed E-state index contributed by atoms with van der Waals surface area (Å²) in [7, 11) is 1.60. The number of furan rings is 1. The molecule has 1 aromatic heterocycles. The first kappa shape index (κ1) is 24.6. The monoisotopic (exact) mass is 430 g/mol. The van der Waals surface area contributed by atoms with E-state index in [4.69, 9.17) is 13.9 Å². The molecule has 1 aromatic carbocycles. The highest BCUT2D eigenvalue weighted by molar-refractivity contribution is 5.80. The molecule has 0 radical (unpaired) electrons. The SMILES string of the molecule is CCOC(=O)[C@@H](C)N(CCOC)CC(=O)N(CCc1ccccc1)Cc1ccc(C)o1. The second kappa shape index (κ2) is 12.9. The van der Waals surface area contributed by atoms with Gasteiger partial charge in [-0.2, -0.15) is 0 Å². The maximum absolute atomic E-state index is 13.3. The molecular formula is C24H34N2O5. The van der Waals surface area contributed by atoms with Crippen LogP contribution in [-0.4, -0.2) is 67.7 Å². The first-order chi connectivity index (χ1) is 14.9. The molecule has 2 aromatic rings. The number of rotatable bonds is 13. The normalized spacial score (nSPS) is 12.0. The van der Waals surface area contributed by atoms with Crippen LogP contribution < -0.4 is 0 Å². The quantitative estimate of drug-likeness (QED) is 0.455. The molecule has 7 heteroatoms. The Hall–Kier alpha value is -2.64. The van der Waals surface area contributed by atoms with Gasteiger partial charge in [-0.1, -0.05) is 30.3 Å². The maximum Gasteiger partial charge on any atom is 0.323 e. The van der Waals surface area contributed by atoms with Crippen molar-refractivity contribution >= 4 is 11.9 Å². The Kier molecular flexibility index (Phi) is 10.3. The average Bonchev–Trinajstić information content (AvgIpc) is 3.18. The van der Waals surface area contributed by atoms with Crippen LogP contribution in [0.2, 0.25) is 0 Å². The van der Waals surface area contributed by atoms with Crippen molar-refractivity contribution in [2.75, 3.05) is 40.0 Å². The standard InChI is InChI=1S/C24H34N2O5/c1-5-30-24(28)20(3)25(15-16-29-4)18-23(27)26(17-22-12-11-19(2)31-22)14-13-21-9-7-6-8-10-21/h6-12,20H,5,13-18H2,1-4H3/t20-/m1/s1. The van der Waals surface area contributed by atoms with Crippen LogP contribution in [0.15, 0.2) is 46.9 Å². The number of nitrogens with zero attached hydrogens (tertiary/aromatic N) is 2. The fourth-order valence-corrected chi connectivity index (χ4v) is 3.26. The van der Waals surface area contributed by atoms with Gasteiger partial charge in [0.05, 0.1) is 26.3 Å². The lowest BCUT2D eigenvalue weighted by Gasteiger charge is -2.30. The van der Waals surface area contributed by atoms with Crippen molar-refractivity contribution in [2.24, 2.45) is 0 Å². The van der Waals surface area contributed by atoms with E-state index in [0.29, 0.717) is 32.8 Å². The third kappa shape index (κ3) is 8.19. The fraction of sp³-hybridized carbons (Fsp3) is 0.500. The molecule has 0 saturated heterocycles. The van der Waals surface area contributed by atoms with E-state index in [1.54, 1.807) is 30.8 Å². The highest BCUT2D eigenvalue weighted by Gasteiger charge is 2.26. The highest BCUT2D eigenvalue weighted by atomic mass is 16.5. The van der Waals surface area contributed by atoms with E-state index in [-0.39, 0.29) is 18.4 Å². The van der Waals surface area contributed by atoms with Crippen LogP contribution in [0, 0.1) is 6.92 Å². The molecule has 7 nitrogen and oxygen atoms in total. The summed E-state index contributed by atoms with van der Waals surface area (Å²) >= 11 is 0. The largest absolute Gasteiger partial charge is 0.465 e. The van der Waals surface area contributed by atoms with Gasteiger partial charge in [-0.3, -0.25) is 14.5 Å². The smallest absolute Gasteiger partial charge is 0.323 e. The van der Waals surface area contributed by atoms with Crippen molar-refractivity contribution in [3.8, 4) is 0 Å². The molecule has 0 aliphatic carbocycles. The van der Waals surface area contributed by atoms with E-state index < -0.39 is 6.04 Å². The molecule has 0 aliphatic rings. The lowest BCUT2D eigenvalue weighted by atomic mass is 10.1. The Labute approximate surface area is 184 Å². The lowest BCUT2D eigenvalue weighted by Crippen LogP contribution is -2.48. The Morgan fingerprint density at radius 3 is 2.45 bits per heavy atom. The zero-order valence-corrected chi connectivity index (χ0v) is 19.0. The molecular weight excluding hydrogens is 396 g/mol. The van der Waals surface area contributed by atoms with Gasteiger partial charge in [0.25, 0.3) is 0 Å². The summed E-state index contributed by atoms with van der Waals surface area (Å²) in [6, 6.07) is 13.3. The topological polar surface area (TPSA) is 72.2 Å². The number of hydrogen-bond acceptors (Lipinski definition) is 6. The van der Waals surface area contributed by atoms with Crippen LogP contribution in [0.5, 0.6) is 0 Å². The van der Waals surface area contributed by atoms with Crippen molar-refractivity contribution in [1.82, 2.24) is 9.80 Å².